The Labute approximate surface area is 146 Å². The normalized spacial score (nSPS) is 20.4. The van der Waals surface area contributed by atoms with Crippen LogP contribution in [0.15, 0.2) is 35.5 Å². The molecule has 1 atom stereocenters. The van der Waals surface area contributed by atoms with Crippen LogP contribution >= 0.6 is 0 Å². The van der Waals surface area contributed by atoms with E-state index in [-0.39, 0.29) is 17.8 Å². The van der Waals surface area contributed by atoms with Gasteiger partial charge in [0.15, 0.2) is 0 Å². The number of nitrogens with one attached hydrogen (secondary N) is 1. The number of hydrogen-bond donors (Lipinski definition) is 1. The fourth-order valence-electron chi connectivity index (χ4n) is 3.32. The fourth-order valence-corrected chi connectivity index (χ4v) is 3.32. The topological polar surface area (TPSA) is 55.9 Å². The van der Waals surface area contributed by atoms with Crippen LogP contribution in [0.25, 0.3) is 0 Å². The molecule has 0 fully saturated rings. The third kappa shape index (κ3) is 3.37. The molecule has 0 spiro atoms. The highest BCUT2D eigenvalue weighted by Gasteiger charge is 2.42. The van der Waals surface area contributed by atoms with Gasteiger partial charge in [-0.2, -0.15) is 0 Å². The number of rotatable bonds is 5. The lowest BCUT2D eigenvalue weighted by Gasteiger charge is -2.31. The van der Waals surface area contributed by atoms with Crippen LogP contribution in [0, 0.1) is 5.82 Å². The van der Waals surface area contributed by atoms with Crippen molar-refractivity contribution in [3.05, 3.63) is 46.9 Å². The molecule has 0 radical (unpaired) electrons. The zero-order valence-electron chi connectivity index (χ0n) is 14.8. The number of urea groups is 1. The maximum Gasteiger partial charge on any atom is 0.322 e. The second kappa shape index (κ2) is 6.84. The summed E-state index contributed by atoms with van der Waals surface area (Å²) >= 11 is 0. The van der Waals surface area contributed by atoms with Crippen LogP contribution in [-0.4, -0.2) is 67.4 Å². The third-order valence-corrected chi connectivity index (χ3v) is 4.65. The molecule has 3 rings (SSSR count). The van der Waals surface area contributed by atoms with Crippen LogP contribution in [0.3, 0.4) is 0 Å². The molecule has 0 unspecified atom stereocenters. The van der Waals surface area contributed by atoms with Crippen molar-refractivity contribution >= 4 is 11.9 Å². The molecule has 0 aliphatic carbocycles. The smallest absolute Gasteiger partial charge is 0.322 e. The van der Waals surface area contributed by atoms with Gasteiger partial charge in [-0.1, -0.05) is 12.1 Å². The average Bonchev–Trinajstić information content (AvgIpc) is 2.88. The summed E-state index contributed by atoms with van der Waals surface area (Å²) in [6.07, 6.45) is 0.856. The van der Waals surface area contributed by atoms with Gasteiger partial charge in [-0.05, 0) is 44.8 Å². The van der Waals surface area contributed by atoms with Crippen molar-refractivity contribution in [2.24, 2.45) is 0 Å². The maximum absolute atomic E-state index is 13.6. The summed E-state index contributed by atoms with van der Waals surface area (Å²) in [5.74, 6) is -0.476. The summed E-state index contributed by atoms with van der Waals surface area (Å²) in [5.41, 5.74) is 1.82. The molecule has 0 saturated heterocycles. The molecule has 2 aliphatic rings. The molecular formula is C18H23FN4O2. The van der Waals surface area contributed by atoms with E-state index < -0.39 is 6.04 Å². The maximum atomic E-state index is 13.6. The van der Waals surface area contributed by atoms with Gasteiger partial charge in [-0.3, -0.25) is 9.69 Å². The van der Waals surface area contributed by atoms with Crippen molar-refractivity contribution < 1.29 is 14.0 Å². The summed E-state index contributed by atoms with van der Waals surface area (Å²) in [4.78, 5) is 30.5. The molecule has 6 nitrogen and oxygen atoms in total. The van der Waals surface area contributed by atoms with E-state index in [0.717, 1.165) is 13.0 Å². The first-order valence-electron chi connectivity index (χ1n) is 8.35. The molecule has 3 amide bonds. The molecule has 0 saturated carbocycles. The summed E-state index contributed by atoms with van der Waals surface area (Å²) in [6.45, 7) is 1.92. The van der Waals surface area contributed by atoms with Crippen molar-refractivity contribution in [2.45, 2.75) is 12.5 Å². The number of hydrogen-bond acceptors (Lipinski definition) is 3. The van der Waals surface area contributed by atoms with Crippen molar-refractivity contribution in [1.29, 1.82) is 0 Å². The van der Waals surface area contributed by atoms with Gasteiger partial charge in [0.1, 0.15) is 5.82 Å². The largest absolute Gasteiger partial charge is 0.333 e. The van der Waals surface area contributed by atoms with Crippen molar-refractivity contribution in [2.75, 3.05) is 40.8 Å². The Morgan fingerprint density at radius 2 is 2.08 bits per heavy atom. The van der Waals surface area contributed by atoms with Crippen LogP contribution in [0.5, 0.6) is 0 Å². The Bertz CT molecular complexity index is 732. The lowest BCUT2D eigenvalue weighted by molar-refractivity contribution is -0.125. The Kier molecular flexibility index (Phi) is 4.76. The van der Waals surface area contributed by atoms with Gasteiger partial charge in [0.25, 0.3) is 5.91 Å². The van der Waals surface area contributed by atoms with Crippen LogP contribution in [0.4, 0.5) is 9.18 Å². The number of benzene rings is 1. The molecular weight excluding hydrogens is 323 g/mol. The Balaban J connectivity index is 1.87. The highest BCUT2D eigenvalue weighted by molar-refractivity contribution is 6.01. The second-order valence-corrected chi connectivity index (χ2v) is 6.74. The quantitative estimate of drug-likeness (QED) is 0.881. The summed E-state index contributed by atoms with van der Waals surface area (Å²) in [5, 5.41) is 2.81. The van der Waals surface area contributed by atoms with Crippen LogP contribution in [0.2, 0.25) is 0 Å². The van der Waals surface area contributed by atoms with Gasteiger partial charge in [0, 0.05) is 13.6 Å². The molecule has 2 heterocycles. The Morgan fingerprint density at radius 1 is 1.32 bits per heavy atom. The van der Waals surface area contributed by atoms with E-state index in [1.807, 2.05) is 14.1 Å². The molecule has 134 valence electrons. The lowest BCUT2D eigenvalue weighted by atomic mass is 9.96. The minimum Gasteiger partial charge on any atom is -0.333 e. The summed E-state index contributed by atoms with van der Waals surface area (Å²) < 4.78 is 13.6. The number of likely N-dealkylation sites (N-methyl/N-ethyl adjacent to an activating group) is 1. The van der Waals surface area contributed by atoms with E-state index in [2.05, 4.69) is 10.2 Å². The number of halogens is 1. The summed E-state index contributed by atoms with van der Waals surface area (Å²) in [6, 6.07) is 5.13. The minimum atomic E-state index is -0.610. The molecule has 1 aromatic rings. The second-order valence-electron chi connectivity index (χ2n) is 6.74. The van der Waals surface area contributed by atoms with Crippen molar-refractivity contribution in [3.8, 4) is 0 Å². The standard InChI is InChI=1S/C18H23FN4O2/c1-21(2)8-5-9-23-11-14-15(17(23)24)16(20-18(25)22(14)3)12-6-4-7-13(19)10-12/h4,6-7,10,16H,5,8-9,11H2,1-3H3,(H,20,25)/t16-/m1/s1. The summed E-state index contributed by atoms with van der Waals surface area (Å²) in [7, 11) is 5.64. The lowest BCUT2D eigenvalue weighted by Crippen LogP contribution is -2.45. The highest BCUT2D eigenvalue weighted by Crippen LogP contribution is 2.35. The molecule has 1 aromatic carbocycles. The predicted octanol–water partition coefficient (Wildman–Crippen LogP) is 1.57. The van der Waals surface area contributed by atoms with E-state index in [0.29, 0.717) is 29.9 Å². The van der Waals surface area contributed by atoms with Gasteiger partial charge in [-0.25, -0.2) is 9.18 Å². The first-order valence-corrected chi connectivity index (χ1v) is 8.35. The molecule has 0 aromatic heterocycles. The molecule has 25 heavy (non-hydrogen) atoms. The highest BCUT2D eigenvalue weighted by atomic mass is 19.1. The van der Waals surface area contributed by atoms with E-state index in [1.54, 1.807) is 24.1 Å². The van der Waals surface area contributed by atoms with E-state index in [9.17, 15) is 14.0 Å². The Morgan fingerprint density at radius 3 is 2.76 bits per heavy atom. The van der Waals surface area contributed by atoms with Crippen LogP contribution < -0.4 is 5.32 Å². The number of nitrogens with zero attached hydrogens (tertiary/aromatic N) is 3. The zero-order valence-corrected chi connectivity index (χ0v) is 14.8. The predicted molar refractivity (Wildman–Crippen MR) is 92.2 cm³/mol. The monoisotopic (exact) mass is 346 g/mol. The SMILES string of the molecule is CN(C)CCCN1CC2=C(C1=O)[C@@H](c1cccc(F)c1)NC(=O)N2C. The minimum absolute atomic E-state index is 0.0881. The fraction of sp³-hybridized carbons (Fsp3) is 0.444. The zero-order chi connectivity index (χ0) is 18.1. The van der Waals surface area contributed by atoms with Crippen LogP contribution in [0.1, 0.15) is 18.0 Å². The number of amides is 3. The van der Waals surface area contributed by atoms with Gasteiger partial charge in [0.2, 0.25) is 0 Å². The first-order chi connectivity index (χ1) is 11.9. The molecule has 1 N–H and O–H groups in total. The van der Waals surface area contributed by atoms with Gasteiger partial charge >= 0.3 is 6.03 Å². The van der Waals surface area contributed by atoms with Gasteiger partial charge < -0.3 is 15.1 Å². The van der Waals surface area contributed by atoms with E-state index in [4.69, 9.17) is 0 Å². The van der Waals surface area contributed by atoms with Gasteiger partial charge in [0.05, 0.1) is 23.9 Å². The van der Waals surface area contributed by atoms with Gasteiger partial charge in [-0.15, -0.1) is 0 Å². The molecule has 0 bridgehead atoms. The van der Waals surface area contributed by atoms with Crippen molar-refractivity contribution in [3.63, 3.8) is 0 Å². The molecule has 2 aliphatic heterocycles. The molecule has 7 heteroatoms. The average molecular weight is 346 g/mol. The van der Waals surface area contributed by atoms with Crippen molar-refractivity contribution in [1.82, 2.24) is 20.0 Å². The van der Waals surface area contributed by atoms with E-state index >= 15 is 0 Å². The van der Waals surface area contributed by atoms with Crippen LogP contribution in [-0.2, 0) is 4.79 Å². The number of carbonyl (C=O) groups is 2. The Hall–Kier alpha value is -2.41. The van der Waals surface area contributed by atoms with E-state index in [1.165, 1.54) is 17.0 Å². The number of carbonyl (C=O) groups excluding carboxylic acids is 2. The third-order valence-electron chi connectivity index (χ3n) is 4.65. The first kappa shape index (κ1) is 17.4.